The zero-order valence-electron chi connectivity index (χ0n) is 11.8. The molecule has 7 nitrogen and oxygen atoms in total. The molecule has 0 fully saturated rings. The van der Waals surface area contributed by atoms with E-state index in [2.05, 4.69) is 21.1 Å². The first-order valence-electron chi connectivity index (χ1n) is 6.26. The molecule has 2 aromatic rings. The summed E-state index contributed by atoms with van der Waals surface area (Å²) in [6, 6.07) is 7.29. The van der Waals surface area contributed by atoms with Crippen molar-refractivity contribution in [1.82, 2.24) is 14.5 Å². The Morgan fingerprint density at radius 1 is 1.41 bits per heavy atom. The number of sulfonamides is 1. The van der Waals surface area contributed by atoms with Gasteiger partial charge in [0.25, 0.3) is 5.91 Å². The second kappa shape index (κ2) is 6.43. The number of hydrogen-bond acceptors (Lipinski definition) is 4. The quantitative estimate of drug-likeness (QED) is 0.789. The highest BCUT2D eigenvalue weighted by Gasteiger charge is 2.16. The zero-order valence-corrected chi connectivity index (χ0v) is 12.6. The average molecular weight is 318 g/mol. The minimum atomic E-state index is -3.74. The minimum Gasteiger partial charge on any atom is -0.305 e. The van der Waals surface area contributed by atoms with Crippen LogP contribution < -0.4 is 10.0 Å². The number of aryl methyl sites for hydroxylation is 1. The first kappa shape index (κ1) is 15.8. The number of rotatable bonds is 5. The molecule has 22 heavy (non-hydrogen) atoms. The molecule has 1 aromatic carbocycles. The Morgan fingerprint density at radius 3 is 2.82 bits per heavy atom. The third kappa shape index (κ3) is 3.72. The maximum absolute atomic E-state index is 12.1. The van der Waals surface area contributed by atoms with Crippen LogP contribution in [0.4, 0.5) is 5.82 Å². The molecule has 0 bridgehead atoms. The molecule has 0 aliphatic carbocycles. The second-order valence-electron chi connectivity index (χ2n) is 4.39. The first-order chi connectivity index (χ1) is 10.4. The van der Waals surface area contributed by atoms with Crippen molar-refractivity contribution in [3.8, 4) is 12.3 Å². The molecular weight excluding hydrogens is 304 g/mol. The number of nitrogens with one attached hydrogen (secondary N) is 2. The Hall–Kier alpha value is -2.63. The molecule has 2 rings (SSSR count). The summed E-state index contributed by atoms with van der Waals surface area (Å²) in [6.07, 6.45) is 6.71. The lowest BCUT2D eigenvalue weighted by Crippen LogP contribution is -2.24. The molecule has 2 N–H and O–H groups in total. The molecule has 1 amide bonds. The fraction of sp³-hybridized carbons (Fsp3) is 0.143. The van der Waals surface area contributed by atoms with E-state index in [4.69, 9.17) is 6.42 Å². The van der Waals surface area contributed by atoms with E-state index in [1.54, 1.807) is 24.0 Å². The van der Waals surface area contributed by atoms with Crippen molar-refractivity contribution in [2.45, 2.75) is 4.90 Å². The normalized spacial score (nSPS) is 10.9. The summed E-state index contributed by atoms with van der Waals surface area (Å²) in [4.78, 5) is 12.1. The van der Waals surface area contributed by atoms with Gasteiger partial charge >= 0.3 is 0 Å². The molecule has 1 heterocycles. The van der Waals surface area contributed by atoms with Crippen molar-refractivity contribution < 1.29 is 13.2 Å². The van der Waals surface area contributed by atoms with Gasteiger partial charge in [0.15, 0.2) is 5.82 Å². The van der Waals surface area contributed by atoms with Gasteiger partial charge in [0.05, 0.1) is 11.4 Å². The monoisotopic (exact) mass is 318 g/mol. The molecule has 0 atom stereocenters. The third-order valence-electron chi connectivity index (χ3n) is 2.73. The molecule has 0 unspecified atom stereocenters. The van der Waals surface area contributed by atoms with E-state index in [1.165, 1.54) is 24.3 Å². The summed E-state index contributed by atoms with van der Waals surface area (Å²) in [5.74, 6) is 2.12. The maximum Gasteiger partial charge on any atom is 0.256 e. The van der Waals surface area contributed by atoms with Gasteiger partial charge in [-0.2, -0.15) is 9.82 Å². The van der Waals surface area contributed by atoms with Gasteiger partial charge in [-0.3, -0.25) is 9.48 Å². The van der Waals surface area contributed by atoms with Crippen LogP contribution >= 0.6 is 0 Å². The van der Waals surface area contributed by atoms with Crippen LogP contribution in [0.15, 0.2) is 41.4 Å². The molecule has 1 aromatic heterocycles. The number of hydrogen-bond donors (Lipinski definition) is 2. The van der Waals surface area contributed by atoms with Gasteiger partial charge in [-0.25, -0.2) is 8.42 Å². The largest absolute Gasteiger partial charge is 0.305 e. The molecule has 8 heteroatoms. The Labute approximate surface area is 128 Å². The Kier molecular flexibility index (Phi) is 4.60. The second-order valence-corrected chi connectivity index (χ2v) is 6.15. The number of aromatic nitrogens is 2. The number of benzene rings is 1. The number of terminal acetylenes is 1. The lowest BCUT2D eigenvalue weighted by Gasteiger charge is -2.06. The molecular formula is C14H14N4O3S. The standard InChI is InChI=1S/C14H14N4O3S/c1-3-8-15-22(20,21)12-6-4-5-11(10-12)14(19)16-13-7-9-18(2)17-13/h1,4-7,9-10,15H,8H2,2H3,(H,16,17,19). The summed E-state index contributed by atoms with van der Waals surface area (Å²) < 4.78 is 27.7. The van der Waals surface area contributed by atoms with E-state index >= 15 is 0 Å². The summed E-state index contributed by atoms with van der Waals surface area (Å²) in [7, 11) is -2.02. The zero-order chi connectivity index (χ0) is 16.2. The number of carbonyl (C=O) groups excluding carboxylic acids is 1. The summed E-state index contributed by atoms with van der Waals surface area (Å²) in [5, 5.41) is 6.60. The number of amides is 1. The average Bonchev–Trinajstić information content (AvgIpc) is 2.90. The van der Waals surface area contributed by atoms with Gasteiger partial charge in [-0.1, -0.05) is 12.0 Å². The van der Waals surface area contributed by atoms with Crippen LogP contribution in [0.3, 0.4) is 0 Å². The molecule has 0 aliphatic heterocycles. The van der Waals surface area contributed by atoms with Crippen LogP contribution in [0.5, 0.6) is 0 Å². The van der Waals surface area contributed by atoms with Gasteiger partial charge in [-0.05, 0) is 18.2 Å². The van der Waals surface area contributed by atoms with Crippen molar-refractivity contribution in [3.63, 3.8) is 0 Å². The lowest BCUT2D eigenvalue weighted by molar-refractivity contribution is 0.102. The highest BCUT2D eigenvalue weighted by Crippen LogP contribution is 2.13. The van der Waals surface area contributed by atoms with E-state index in [1.807, 2.05) is 0 Å². The van der Waals surface area contributed by atoms with Crippen molar-refractivity contribution in [2.24, 2.45) is 7.05 Å². The van der Waals surface area contributed by atoms with Crippen LogP contribution in [0.25, 0.3) is 0 Å². The fourth-order valence-corrected chi connectivity index (χ4v) is 2.67. The van der Waals surface area contributed by atoms with Crippen LogP contribution in [0.2, 0.25) is 0 Å². The SMILES string of the molecule is C#CCNS(=O)(=O)c1cccc(C(=O)Nc2ccn(C)n2)c1. The molecule has 114 valence electrons. The third-order valence-corrected chi connectivity index (χ3v) is 4.12. The van der Waals surface area contributed by atoms with Crippen molar-refractivity contribution >= 4 is 21.7 Å². The summed E-state index contributed by atoms with van der Waals surface area (Å²) >= 11 is 0. The Morgan fingerprint density at radius 2 is 2.18 bits per heavy atom. The van der Waals surface area contributed by atoms with Gasteiger partial charge in [-0.15, -0.1) is 6.42 Å². The first-order valence-corrected chi connectivity index (χ1v) is 7.75. The molecule has 0 radical (unpaired) electrons. The van der Waals surface area contributed by atoms with Crippen LogP contribution in [-0.4, -0.2) is 30.7 Å². The van der Waals surface area contributed by atoms with E-state index < -0.39 is 15.9 Å². The van der Waals surface area contributed by atoms with E-state index in [0.29, 0.717) is 5.82 Å². The van der Waals surface area contributed by atoms with E-state index in [-0.39, 0.29) is 17.0 Å². The Bertz CT molecular complexity index is 834. The molecule has 0 spiro atoms. The van der Waals surface area contributed by atoms with Crippen LogP contribution in [-0.2, 0) is 17.1 Å². The number of anilines is 1. The van der Waals surface area contributed by atoms with Crippen molar-refractivity contribution in [3.05, 3.63) is 42.1 Å². The van der Waals surface area contributed by atoms with E-state index in [0.717, 1.165) is 0 Å². The van der Waals surface area contributed by atoms with Crippen LogP contribution in [0, 0.1) is 12.3 Å². The topological polar surface area (TPSA) is 93.1 Å². The Balaban J connectivity index is 2.21. The van der Waals surface area contributed by atoms with Gasteiger partial charge in [0.2, 0.25) is 10.0 Å². The van der Waals surface area contributed by atoms with Crippen molar-refractivity contribution in [2.75, 3.05) is 11.9 Å². The van der Waals surface area contributed by atoms with Gasteiger partial charge < -0.3 is 5.32 Å². The predicted octanol–water partition coefficient (Wildman–Crippen LogP) is 0.584. The molecule has 0 aliphatic rings. The number of nitrogens with zero attached hydrogens (tertiary/aromatic N) is 2. The molecule has 0 saturated carbocycles. The van der Waals surface area contributed by atoms with Crippen LogP contribution in [0.1, 0.15) is 10.4 Å². The smallest absolute Gasteiger partial charge is 0.256 e. The highest BCUT2D eigenvalue weighted by molar-refractivity contribution is 7.89. The summed E-state index contributed by atoms with van der Waals surface area (Å²) in [5.41, 5.74) is 0.203. The van der Waals surface area contributed by atoms with Gasteiger partial charge in [0.1, 0.15) is 0 Å². The highest BCUT2D eigenvalue weighted by atomic mass is 32.2. The van der Waals surface area contributed by atoms with E-state index in [9.17, 15) is 13.2 Å². The summed E-state index contributed by atoms with van der Waals surface area (Å²) in [6.45, 7) is -0.118. The minimum absolute atomic E-state index is 0.0311. The van der Waals surface area contributed by atoms with Gasteiger partial charge in [0, 0.05) is 24.9 Å². The number of carbonyl (C=O) groups is 1. The predicted molar refractivity (Wildman–Crippen MR) is 81.6 cm³/mol. The van der Waals surface area contributed by atoms with Crippen molar-refractivity contribution in [1.29, 1.82) is 0 Å². The maximum atomic E-state index is 12.1. The molecule has 0 saturated heterocycles. The lowest BCUT2D eigenvalue weighted by atomic mass is 10.2. The fourth-order valence-electron chi connectivity index (χ4n) is 1.69.